The van der Waals surface area contributed by atoms with Crippen LogP contribution in [0.1, 0.15) is 25.7 Å². The highest BCUT2D eigenvalue weighted by molar-refractivity contribution is 6.21. The van der Waals surface area contributed by atoms with Crippen LogP contribution in [-0.4, -0.2) is 29.9 Å². The smallest absolute Gasteiger partial charge is 0.315 e. The van der Waals surface area contributed by atoms with Crippen LogP contribution in [0.25, 0.3) is 0 Å². The highest BCUT2D eigenvalue weighted by Gasteiger charge is 2.24. The van der Waals surface area contributed by atoms with Crippen molar-refractivity contribution in [3.63, 3.8) is 0 Å². The first kappa shape index (κ1) is 11.9. The summed E-state index contributed by atoms with van der Waals surface area (Å²) in [4.78, 5) is 11.3. The molecule has 0 spiro atoms. The number of carbonyl (C=O) groups excluding carboxylic acids is 1. The minimum Gasteiger partial charge on any atom is -0.337 e. The number of rotatable bonds is 3. The molecule has 0 heterocycles. The zero-order valence-electron chi connectivity index (χ0n) is 8.06. The summed E-state index contributed by atoms with van der Waals surface area (Å²) in [6.07, 6.45) is 4.27. The second-order valence-electron chi connectivity index (χ2n) is 3.50. The Bertz CT molecular complexity index is 190. The van der Waals surface area contributed by atoms with Gasteiger partial charge in [-0.3, -0.25) is 0 Å². The molecule has 0 aromatic heterocycles. The fourth-order valence-electron chi connectivity index (χ4n) is 1.63. The Morgan fingerprint density at radius 1 is 1.36 bits per heavy atom. The third-order valence-corrected chi connectivity index (χ3v) is 3.09. The third-order valence-electron chi connectivity index (χ3n) is 2.38. The molecular formula is C9H16Cl2N2O. The van der Waals surface area contributed by atoms with Gasteiger partial charge in [0.2, 0.25) is 0 Å². The van der Waals surface area contributed by atoms with E-state index in [2.05, 4.69) is 10.6 Å². The van der Waals surface area contributed by atoms with Crippen LogP contribution in [0, 0.1) is 0 Å². The third kappa shape index (κ3) is 3.93. The van der Waals surface area contributed by atoms with Gasteiger partial charge in [0.25, 0.3) is 0 Å². The Hall–Kier alpha value is -0.150. The summed E-state index contributed by atoms with van der Waals surface area (Å²) in [5, 5.41) is 5.60. The van der Waals surface area contributed by atoms with Gasteiger partial charge in [-0.05, 0) is 12.8 Å². The second-order valence-corrected chi connectivity index (χ2v) is 4.43. The van der Waals surface area contributed by atoms with Gasteiger partial charge in [-0.15, -0.1) is 23.2 Å². The number of carbonyl (C=O) groups is 1. The molecule has 1 rings (SSSR count). The predicted molar refractivity (Wildman–Crippen MR) is 59.2 cm³/mol. The van der Waals surface area contributed by atoms with Crippen molar-refractivity contribution in [3.05, 3.63) is 0 Å². The Labute approximate surface area is 94.5 Å². The molecule has 2 amide bonds. The van der Waals surface area contributed by atoms with Gasteiger partial charge in [0.05, 0.1) is 5.38 Å². The molecule has 0 bridgehead atoms. The van der Waals surface area contributed by atoms with Gasteiger partial charge in [-0.2, -0.15) is 0 Å². The Morgan fingerprint density at radius 3 is 2.71 bits per heavy atom. The molecule has 3 nitrogen and oxygen atoms in total. The molecule has 0 radical (unpaired) electrons. The lowest BCUT2D eigenvalue weighted by atomic mass is 9.95. The van der Waals surface area contributed by atoms with Crippen LogP contribution < -0.4 is 10.6 Å². The minimum absolute atomic E-state index is 0.0745. The summed E-state index contributed by atoms with van der Waals surface area (Å²) < 4.78 is 0. The van der Waals surface area contributed by atoms with E-state index in [-0.39, 0.29) is 17.5 Å². The molecule has 1 fully saturated rings. The van der Waals surface area contributed by atoms with Gasteiger partial charge in [0, 0.05) is 18.5 Å². The normalized spacial score (nSPS) is 27.0. The molecule has 0 aliphatic heterocycles. The molecular weight excluding hydrogens is 223 g/mol. The lowest BCUT2D eigenvalue weighted by Crippen LogP contribution is -2.47. The SMILES string of the molecule is O=C(NCCCl)N[C@H]1CCCC[C@H]1Cl. The molecule has 1 saturated carbocycles. The first-order valence-electron chi connectivity index (χ1n) is 4.98. The Kier molecular flexibility index (Phi) is 5.41. The number of hydrogen-bond acceptors (Lipinski definition) is 1. The molecule has 2 N–H and O–H groups in total. The lowest BCUT2D eigenvalue weighted by molar-refractivity contribution is 0.233. The van der Waals surface area contributed by atoms with Gasteiger partial charge in [-0.1, -0.05) is 12.8 Å². The summed E-state index contributed by atoms with van der Waals surface area (Å²) in [6, 6.07) is -0.0519. The quantitative estimate of drug-likeness (QED) is 0.727. The van der Waals surface area contributed by atoms with Crippen LogP contribution in [0.15, 0.2) is 0 Å². The lowest BCUT2D eigenvalue weighted by Gasteiger charge is -2.27. The van der Waals surface area contributed by atoms with Gasteiger partial charge in [-0.25, -0.2) is 4.79 Å². The Balaban J connectivity index is 2.23. The second kappa shape index (κ2) is 6.36. The van der Waals surface area contributed by atoms with Crippen LogP contribution in [0.4, 0.5) is 4.79 Å². The van der Waals surface area contributed by atoms with Crippen molar-refractivity contribution in [2.45, 2.75) is 37.1 Å². The van der Waals surface area contributed by atoms with E-state index < -0.39 is 0 Å². The molecule has 14 heavy (non-hydrogen) atoms. The molecule has 0 aromatic rings. The van der Waals surface area contributed by atoms with Crippen molar-refractivity contribution in [1.82, 2.24) is 10.6 Å². The molecule has 82 valence electrons. The van der Waals surface area contributed by atoms with Gasteiger partial charge in [0.15, 0.2) is 0 Å². The monoisotopic (exact) mass is 238 g/mol. The number of halogens is 2. The standard InChI is InChI=1S/C9H16Cl2N2O/c10-5-6-12-9(14)13-8-4-2-1-3-7(8)11/h7-8H,1-6H2,(H2,12,13,14)/t7-,8+/m1/s1. The minimum atomic E-state index is -0.164. The van der Waals surface area contributed by atoms with Crippen molar-refractivity contribution in [2.24, 2.45) is 0 Å². The van der Waals surface area contributed by atoms with E-state index in [0.717, 1.165) is 25.7 Å². The molecule has 1 aliphatic carbocycles. The fraction of sp³-hybridized carbons (Fsp3) is 0.889. The van der Waals surface area contributed by atoms with Gasteiger partial charge >= 0.3 is 6.03 Å². The van der Waals surface area contributed by atoms with Crippen molar-refractivity contribution >= 4 is 29.2 Å². The molecule has 1 aliphatic rings. The van der Waals surface area contributed by atoms with Crippen LogP contribution in [0.5, 0.6) is 0 Å². The number of urea groups is 1. The fourth-order valence-corrected chi connectivity index (χ4v) is 2.07. The van der Waals surface area contributed by atoms with E-state index in [1.54, 1.807) is 0 Å². The van der Waals surface area contributed by atoms with E-state index in [9.17, 15) is 4.79 Å². The van der Waals surface area contributed by atoms with Gasteiger partial charge < -0.3 is 10.6 Å². The summed E-state index contributed by atoms with van der Waals surface area (Å²) in [5.41, 5.74) is 0. The first-order chi connectivity index (χ1) is 6.74. The number of alkyl halides is 2. The van der Waals surface area contributed by atoms with Crippen LogP contribution >= 0.6 is 23.2 Å². The molecule has 5 heteroatoms. The highest BCUT2D eigenvalue weighted by Crippen LogP contribution is 2.22. The molecule has 0 unspecified atom stereocenters. The summed E-state index contributed by atoms with van der Waals surface area (Å²) in [7, 11) is 0. The maximum Gasteiger partial charge on any atom is 0.315 e. The van der Waals surface area contributed by atoms with Crippen LogP contribution in [-0.2, 0) is 0 Å². The van der Waals surface area contributed by atoms with E-state index in [1.165, 1.54) is 0 Å². The van der Waals surface area contributed by atoms with E-state index in [4.69, 9.17) is 23.2 Å². The maximum absolute atomic E-state index is 11.3. The van der Waals surface area contributed by atoms with Crippen molar-refractivity contribution in [3.8, 4) is 0 Å². The average Bonchev–Trinajstić information content (AvgIpc) is 2.18. The van der Waals surface area contributed by atoms with E-state index in [0.29, 0.717) is 12.4 Å². The van der Waals surface area contributed by atoms with Gasteiger partial charge in [0.1, 0.15) is 0 Å². The van der Waals surface area contributed by atoms with Crippen LogP contribution in [0.2, 0.25) is 0 Å². The summed E-state index contributed by atoms with van der Waals surface area (Å²) in [6.45, 7) is 0.493. The number of amides is 2. The first-order valence-corrected chi connectivity index (χ1v) is 5.95. The van der Waals surface area contributed by atoms with Crippen molar-refractivity contribution in [2.75, 3.05) is 12.4 Å². The maximum atomic E-state index is 11.3. The highest BCUT2D eigenvalue weighted by atomic mass is 35.5. The predicted octanol–water partition coefficient (Wildman–Crippen LogP) is 2.07. The summed E-state index contributed by atoms with van der Waals surface area (Å²) in [5.74, 6) is 0.433. The molecule has 2 atom stereocenters. The topological polar surface area (TPSA) is 41.1 Å². The zero-order valence-corrected chi connectivity index (χ0v) is 9.57. The Morgan fingerprint density at radius 2 is 2.07 bits per heavy atom. The summed E-state index contributed by atoms with van der Waals surface area (Å²) >= 11 is 11.5. The number of nitrogens with one attached hydrogen (secondary N) is 2. The molecule has 0 saturated heterocycles. The average molecular weight is 239 g/mol. The van der Waals surface area contributed by atoms with E-state index >= 15 is 0 Å². The number of hydrogen-bond donors (Lipinski definition) is 2. The van der Waals surface area contributed by atoms with Crippen molar-refractivity contribution in [1.29, 1.82) is 0 Å². The molecule has 0 aromatic carbocycles. The van der Waals surface area contributed by atoms with Crippen molar-refractivity contribution < 1.29 is 4.79 Å². The van der Waals surface area contributed by atoms with Crippen LogP contribution in [0.3, 0.4) is 0 Å². The van der Waals surface area contributed by atoms with E-state index in [1.807, 2.05) is 0 Å². The zero-order chi connectivity index (χ0) is 10.4. The largest absolute Gasteiger partial charge is 0.337 e.